The molecule has 0 aromatic rings. The van der Waals surface area contributed by atoms with Crippen molar-refractivity contribution < 1.29 is 9.47 Å². The first-order valence-electron chi connectivity index (χ1n) is 10.6. The summed E-state index contributed by atoms with van der Waals surface area (Å²) >= 11 is 0. The van der Waals surface area contributed by atoms with Crippen LogP contribution in [0.4, 0.5) is 0 Å². The van der Waals surface area contributed by atoms with E-state index in [0.29, 0.717) is 18.2 Å². The van der Waals surface area contributed by atoms with E-state index in [-0.39, 0.29) is 5.60 Å². The summed E-state index contributed by atoms with van der Waals surface area (Å²) in [5.74, 6) is 0. The molecule has 25 heavy (non-hydrogen) atoms. The Morgan fingerprint density at radius 1 is 0.880 bits per heavy atom. The summed E-state index contributed by atoms with van der Waals surface area (Å²) < 4.78 is 11.9. The van der Waals surface area contributed by atoms with Gasteiger partial charge in [-0.05, 0) is 66.8 Å². The van der Waals surface area contributed by atoms with Gasteiger partial charge in [-0.1, -0.05) is 12.8 Å². The molecule has 0 radical (unpaired) electrons. The molecular weight excluding hydrogens is 312 g/mol. The van der Waals surface area contributed by atoms with Gasteiger partial charge in [0, 0.05) is 38.8 Å². The Morgan fingerprint density at radius 3 is 2.12 bits per heavy atom. The van der Waals surface area contributed by atoms with Crippen LogP contribution in [0.5, 0.6) is 0 Å². The molecule has 1 aliphatic carbocycles. The number of nitrogens with zero attached hydrogens (tertiary/aromatic N) is 2. The Kier molecular flexibility index (Phi) is 8.67. The van der Waals surface area contributed by atoms with Crippen molar-refractivity contribution in [1.29, 1.82) is 0 Å². The molecule has 0 aromatic carbocycles. The molecule has 1 saturated heterocycles. The SMILES string of the molecule is CC(C)N1CCN(CCCCCCO[C@H]2C[C@H](OC(C)(C)C)C2)CC1. The lowest BCUT2D eigenvalue weighted by Gasteiger charge is -2.39. The van der Waals surface area contributed by atoms with Gasteiger partial charge in [0.05, 0.1) is 17.8 Å². The van der Waals surface area contributed by atoms with Crippen LogP contribution in [-0.2, 0) is 9.47 Å². The Labute approximate surface area is 156 Å². The zero-order valence-electron chi connectivity index (χ0n) is 17.4. The zero-order valence-corrected chi connectivity index (χ0v) is 17.4. The Hall–Kier alpha value is -0.160. The van der Waals surface area contributed by atoms with Gasteiger partial charge in [0.25, 0.3) is 0 Å². The Bertz CT molecular complexity index is 353. The maximum atomic E-state index is 5.96. The van der Waals surface area contributed by atoms with Crippen LogP contribution in [0.3, 0.4) is 0 Å². The maximum absolute atomic E-state index is 5.96. The van der Waals surface area contributed by atoms with Gasteiger partial charge in [0.15, 0.2) is 0 Å². The molecule has 148 valence electrons. The number of rotatable bonds is 10. The van der Waals surface area contributed by atoms with Crippen LogP contribution < -0.4 is 0 Å². The van der Waals surface area contributed by atoms with E-state index >= 15 is 0 Å². The van der Waals surface area contributed by atoms with E-state index in [2.05, 4.69) is 44.4 Å². The molecule has 2 aliphatic rings. The summed E-state index contributed by atoms with van der Waals surface area (Å²) in [7, 11) is 0. The number of piperazine rings is 1. The highest BCUT2D eigenvalue weighted by Gasteiger charge is 2.33. The summed E-state index contributed by atoms with van der Waals surface area (Å²) in [6.07, 6.45) is 8.23. The second-order valence-electron chi connectivity index (χ2n) is 9.20. The topological polar surface area (TPSA) is 24.9 Å². The molecule has 0 atom stereocenters. The largest absolute Gasteiger partial charge is 0.378 e. The van der Waals surface area contributed by atoms with Crippen LogP contribution in [0.2, 0.25) is 0 Å². The minimum Gasteiger partial charge on any atom is -0.378 e. The van der Waals surface area contributed by atoms with Crippen molar-refractivity contribution in [3.63, 3.8) is 0 Å². The van der Waals surface area contributed by atoms with Crippen LogP contribution in [-0.4, -0.2) is 73.0 Å². The van der Waals surface area contributed by atoms with Crippen molar-refractivity contribution in [2.24, 2.45) is 0 Å². The molecule has 0 spiro atoms. The molecule has 4 heteroatoms. The van der Waals surface area contributed by atoms with Crippen LogP contribution in [0, 0.1) is 0 Å². The molecule has 0 bridgehead atoms. The van der Waals surface area contributed by atoms with E-state index < -0.39 is 0 Å². The van der Waals surface area contributed by atoms with Gasteiger partial charge >= 0.3 is 0 Å². The summed E-state index contributed by atoms with van der Waals surface area (Å²) in [6, 6.07) is 0.702. The number of unbranched alkanes of at least 4 members (excludes halogenated alkanes) is 3. The lowest BCUT2D eigenvalue weighted by molar-refractivity contribution is -0.148. The van der Waals surface area contributed by atoms with Crippen molar-refractivity contribution in [3.8, 4) is 0 Å². The van der Waals surface area contributed by atoms with Crippen LogP contribution in [0.1, 0.15) is 73.1 Å². The molecule has 0 N–H and O–H groups in total. The molecule has 4 nitrogen and oxygen atoms in total. The molecule has 2 fully saturated rings. The minimum absolute atomic E-state index is 0.0168. The molecule has 2 rings (SSSR count). The van der Waals surface area contributed by atoms with Gasteiger partial charge in [-0.2, -0.15) is 0 Å². The predicted molar refractivity (Wildman–Crippen MR) is 105 cm³/mol. The van der Waals surface area contributed by atoms with Gasteiger partial charge in [0.1, 0.15) is 0 Å². The van der Waals surface area contributed by atoms with Crippen molar-refractivity contribution in [3.05, 3.63) is 0 Å². The highest BCUT2D eigenvalue weighted by Crippen LogP contribution is 2.30. The van der Waals surface area contributed by atoms with E-state index in [1.807, 2.05) is 0 Å². The van der Waals surface area contributed by atoms with E-state index in [1.54, 1.807) is 0 Å². The lowest BCUT2D eigenvalue weighted by atomic mass is 9.91. The van der Waals surface area contributed by atoms with E-state index in [9.17, 15) is 0 Å². The van der Waals surface area contributed by atoms with Crippen LogP contribution in [0.15, 0.2) is 0 Å². The third kappa shape index (κ3) is 8.38. The van der Waals surface area contributed by atoms with Gasteiger partial charge in [-0.3, -0.25) is 4.90 Å². The van der Waals surface area contributed by atoms with Gasteiger partial charge in [-0.15, -0.1) is 0 Å². The van der Waals surface area contributed by atoms with Crippen molar-refractivity contribution in [1.82, 2.24) is 9.80 Å². The first kappa shape index (κ1) is 21.1. The minimum atomic E-state index is -0.0168. The smallest absolute Gasteiger partial charge is 0.0631 e. The number of hydrogen-bond acceptors (Lipinski definition) is 4. The first-order chi connectivity index (χ1) is 11.8. The Balaban J connectivity index is 1.37. The average Bonchev–Trinajstić information content (AvgIpc) is 2.50. The fourth-order valence-corrected chi connectivity index (χ4v) is 3.79. The fraction of sp³-hybridized carbons (Fsp3) is 1.00. The lowest BCUT2D eigenvalue weighted by Crippen LogP contribution is -2.48. The monoisotopic (exact) mass is 354 g/mol. The quantitative estimate of drug-likeness (QED) is 0.555. The van der Waals surface area contributed by atoms with Crippen molar-refractivity contribution in [2.75, 3.05) is 39.3 Å². The second kappa shape index (κ2) is 10.2. The highest BCUT2D eigenvalue weighted by molar-refractivity contribution is 4.83. The highest BCUT2D eigenvalue weighted by atomic mass is 16.5. The van der Waals surface area contributed by atoms with Gasteiger partial charge < -0.3 is 14.4 Å². The van der Waals surface area contributed by atoms with E-state index in [0.717, 1.165) is 19.4 Å². The molecular formula is C21H42N2O2. The van der Waals surface area contributed by atoms with Gasteiger partial charge in [0.2, 0.25) is 0 Å². The third-order valence-electron chi connectivity index (χ3n) is 5.43. The standard InChI is InChI=1S/C21H42N2O2/c1-18(2)23-13-11-22(12-14-23)10-8-6-7-9-15-24-19-16-20(17-19)25-21(3,4)5/h18-20H,6-17H2,1-5H3/t19-,20-. The normalized spacial score (nSPS) is 26.2. The van der Waals surface area contributed by atoms with E-state index in [1.165, 1.54) is 58.4 Å². The van der Waals surface area contributed by atoms with Crippen LogP contribution >= 0.6 is 0 Å². The fourth-order valence-electron chi connectivity index (χ4n) is 3.79. The molecule has 1 aliphatic heterocycles. The summed E-state index contributed by atoms with van der Waals surface area (Å²) in [5.41, 5.74) is -0.0168. The van der Waals surface area contributed by atoms with Gasteiger partial charge in [-0.25, -0.2) is 0 Å². The molecule has 1 heterocycles. The molecule has 0 amide bonds. The van der Waals surface area contributed by atoms with Crippen LogP contribution in [0.25, 0.3) is 0 Å². The Morgan fingerprint density at radius 2 is 1.52 bits per heavy atom. The van der Waals surface area contributed by atoms with Crippen molar-refractivity contribution in [2.45, 2.75) is 97.0 Å². The molecule has 0 unspecified atom stereocenters. The van der Waals surface area contributed by atoms with Crippen molar-refractivity contribution >= 4 is 0 Å². The molecule has 0 aromatic heterocycles. The zero-order chi connectivity index (χ0) is 18.3. The summed E-state index contributed by atoms with van der Waals surface area (Å²) in [4.78, 5) is 5.23. The summed E-state index contributed by atoms with van der Waals surface area (Å²) in [6.45, 7) is 18.2. The predicted octanol–water partition coefficient (Wildman–Crippen LogP) is 3.94. The average molecular weight is 355 g/mol. The molecule has 1 saturated carbocycles. The number of ether oxygens (including phenoxy) is 2. The summed E-state index contributed by atoms with van der Waals surface area (Å²) in [5, 5.41) is 0. The number of hydrogen-bond donors (Lipinski definition) is 0. The first-order valence-corrected chi connectivity index (χ1v) is 10.6. The maximum Gasteiger partial charge on any atom is 0.0631 e. The van der Waals surface area contributed by atoms with E-state index in [4.69, 9.17) is 9.47 Å². The second-order valence-corrected chi connectivity index (χ2v) is 9.20. The third-order valence-corrected chi connectivity index (χ3v) is 5.43.